The highest BCUT2D eigenvalue weighted by atomic mass is 16.7. The van der Waals surface area contributed by atoms with Gasteiger partial charge in [0.2, 0.25) is 0 Å². The largest absolute Gasteiger partial charge is 0.468 e. The van der Waals surface area contributed by atoms with E-state index >= 15 is 0 Å². The lowest BCUT2D eigenvalue weighted by molar-refractivity contribution is -0.128. The fourth-order valence-corrected chi connectivity index (χ4v) is 2.21. The molecule has 2 fully saturated rings. The smallest absolute Gasteiger partial charge is 0.293 e. The Morgan fingerprint density at radius 2 is 1.89 bits per heavy atom. The summed E-state index contributed by atoms with van der Waals surface area (Å²) in [5.74, 6) is 3.42. The van der Waals surface area contributed by atoms with Gasteiger partial charge in [0.25, 0.3) is 6.47 Å². The molecule has 2 saturated carbocycles. The van der Waals surface area contributed by atoms with Crippen LogP contribution in [0.4, 0.5) is 0 Å². The van der Waals surface area contributed by atoms with E-state index in [-0.39, 0.29) is 0 Å². The summed E-state index contributed by atoms with van der Waals surface area (Å²) >= 11 is 0. The van der Waals surface area contributed by atoms with Crippen molar-refractivity contribution in [3.63, 3.8) is 0 Å². The average Bonchev–Trinajstić information content (AvgIpc) is 3.11. The van der Waals surface area contributed by atoms with Gasteiger partial charge in [0.05, 0.1) is 6.61 Å². The van der Waals surface area contributed by atoms with Crippen LogP contribution in [0.5, 0.6) is 0 Å². The Morgan fingerprint density at radius 1 is 1.17 bits per heavy atom. The van der Waals surface area contributed by atoms with E-state index in [1.807, 2.05) is 0 Å². The molecule has 0 N–H and O–H groups in total. The van der Waals surface area contributed by atoms with Crippen molar-refractivity contribution in [2.24, 2.45) is 23.1 Å². The Labute approximate surface area is 109 Å². The van der Waals surface area contributed by atoms with Gasteiger partial charge in [-0.2, -0.15) is 0 Å². The van der Waals surface area contributed by atoms with Crippen molar-refractivity contribution >= 4 is 6.47 Å². The maximum atomic E-state index is 9.18. The van der Waals surface area contributed by atoms with Crippen LogP contribution in [-0.2, 0) is 14.4 Å². The number of fused-ring (bicyclic) bond motifs is 1. The summed E-state index contributed by atoms with van der Waals surface area (Å²) in [5, 5.41) is 2.10. The molecule has 2 aliphatic carbocycles. The van der Waals surface area contributed by atoms with Crippen LogP contribution >= 0.6 is 0 Å². The summed E-state index contributed by atoms with van der Waals surface area (Å²) in [6.45, 7) is 7.12. The van der Waals surface area contributed by atoms with Crippen LogP contribution in [0.2, 0.25) is 0 Å². The number of nitrogens with zero attached hydrogens (tertiary/aromatic N) is 1. The predicted octanol–water partition coefficient (Wildman–Crippen LogP) is 3.33. The predicted molar refractivity (Wildman–Crippen MR) is 69.7 cm³/mol. The number of ether oxygens (including phenoxy) is 1. The molecule has 2 rings (SSSR count). The summed E-state index contributed by atoms with van der Waals surface area (Å²) in [6.07, 6.45) is 6.18. The first-order valence-corrected chi connectivity index (χ1v) is 6.69. The van der Waals surface area contributed by atoms with Crippen LogP contribution in [0.3, 0.4) is 0 Å². The molecule has 0 aromatic rings. The lowest BCUT2D eigenvalue weighted by atomic mass is 9.91. The lowest BCUT2D eigenvalue weighted by Gasteiger charge is -2.15. The molecule has 5 nitrogen and oxygen atoms in total. The second-order valence-electron chi connectivity index (χ2n) is 4.72. The summed E-state index contributed by atoms with van der Waals surface area (Å²) in [6, 6.07) is 0. The van der Waals surface area contributed by atoms with Crippen LogP contribution in [-0.4, -0.2) is 19.7 Å². The molecule has 0 bridgehead atoms. The Kier molecular flexibility index (Phi) is 10.3. The highest BCUT2D eigenvalue weighted by Crippen LogP contribution is 2.51. The fraction of sp³-hybridized carbons (Fsp3) is 0.923. The zero-order valence-corrected chi connectivity index (χ0v) is 11.6. The molecule has 0 aromatic carbocycles. The first-order chi connectivity index (χ1) is 8.69. The first kappa shape index (κ1) is 16.9. The van der Waals surface area contributed by atoms with Gasteiger partial charge in [-0.15, -0.1) is 4.91 Å². The number of hydrogen-bond donors (Lipinski definition) is 0. The van der Waals surface area contributed by atoms with E-state index in [9.17, 15) is 4.79 Å². The van der Waals surface area contributed by atoms with Crippen LogP contribution < -0.4 is 0 Å². The van der Waals surface area contributed by atoms with Crippen molar-refractivity contribution in [2.45, 2.75) is 46.5 Å². The number of hydrogen-bond acceptors (Lipinski definition) is 5. The molecular formula is C13H25NO4. The molecule has 0 spiro atoms. The van der Waals surface area contributed by atoms with E-state index in [0.717, 1.165) is 5.92 Å². The molecule has 3 atom stereocenters. The normalized spacial score (nSPS) is 27.2. The van der Waals surface area contributed by atoms with Gasteiger partial charge in [0.1, 0.15) is 6.61 Å². The Morgan fingerprint density at radius 3 is 2.17 bits per heavy atom. The molecule has 106 valence electrons. The maximum Gasteiger partial charge on any atom is 0.293 e. The molecule has 2 aliphatic rings. The quantitative estimate of drug-likeness (QED) is 0.441. The van der Waals surface area contributed by atoms with Crippen molar-refractivity contribution in [2.75, 3.05) is 13.2 Å². The van der Waals surface area contributed by atoms with E-state index in [1.165, 1.54) is 18.3 Å². The summed E-state index contributed by atoms with van der Waals surface area (Å²) in [5.41, 5.74) is 0. The molecule has 0 amide bonds. The topological polar surface area (TPSA) is 65.0 Å². The van der Waals surface area contributed by atoms with Crippen molar-refractivity contribution in [1.82, 2.24) is 0 Å². The molecule has 5 heteroatoms. The van der Waals surface area contributed by atoms with Gasteiger partial charge in [-0.25, -0.2) is 0 Å². The van der Waals surface area contributed by atoms with Gasteiger partial charge >= 0.3 is 0 Å². The number of carbonyl (C=O) groups excluding carboxylic acids is 1. The second-order valence-corrected chi connectivity index (χ2v) is 4.72. The van der Waals surface area contributed by atoms with Crippen LogP contribution in [0.25, 0.3) is 0 Å². The van der Waals surface area contributed by atoms with E-state index in [4.69, 9.17) is 4.91 Å². The molecule has 3 unspecified atom stereocenters. The van der Waals surface area contributed by atoms with Gasteiger partial charge in [-0.05, 0) is 50.9 Å². The molecule has 18 heavy (non-hydrogen) atoms. The molecule has 0 aliphatic heterocycles. The van der Waals surface area contributed by atoms with Gasteiger partial charge < -0.3 is 9.57 Å². The zero-order chi connectivity index (χ0) is 13.8. The van der Waals surface area contributed by atoms with Gasteiger partial charge in [0, 0.05) is 0 Å². The molecule has 0 aromatic heterocycles. The Hall–Kier alpha value is -1.13. The van der Waals surface area contributed by atoms with Gasteiger partial charge in [-0.1, -0.05) is 13.3 Å². The lowest BCUT2D eigenvalue weighted by Crippen LogP contribution is -2.03. The number of rotatable bonds is 4. The summed E-state index contributed by atoms with van der Waals surface area (Å²) < 4.78 is 4.15. The first-order valence-electron chi connectivity index (χ1n) is 6.69. The zero-order valence-electron chi connectivity index (χ0n) is 11.6. The van der Waals surface area contributed by atoms with Crippen molar-refractivity contribution in [1.29, 1.82) is 0 Å². The van der Waals surface area contributed by atoms with E-state index < -0.39 is 0 Å². The average molecular weight is 259 g/mol. The van der Waals surface area contributed by atoms with E-state index in [0.29, 0.717) is 19.7 Å². The summed E-state index contributed by atoms with van der Waals surface area (Å²) in [7, 11) is 0. The fourth-order valence-electron chi connectivity index (χ4n) is 2.21. The third kappa shape index (κ3) is 8.96. The van der Waals surface area contributed by atoms with Crippen LogP contribution in [0.1, 0.15) is 46.5 Å². The minimum absolute atomic E-state index is 0.365. The Balaban J connectivity index is 0.000000258. The minimum atomic E-state index is 0.365. The monoisotopic (exact) mass is 259 g/mol. The van der Waals surface area contributed by atoms with E-state index in [2.05, 4.69) is 21.8 Å². The third-order valence-electron chi connectivity index (χ3n) is 3.22. The Bertz CT molecular complexity index is 213. The number of carbonyl (C=O) groups is 1. The van der Waals surface area contributed by atoms with Crippen LogP contribution in [0.15, 0.2) is 5.34 Å². The second kappa shape index (κ2) is 11.0. The van der Waals surface area contributed by atoms with Crippen molar-refractivity contribution in [3.05, 3.63) is 4.91 Å². The molecule has 0 saturated heterocycles. The highest BCUT2D eigenvalue weighted by Gasteiger charge is 2.40. The SMILES string of the molecule is CC1CCC2CC2C1.CCOC=O.CCON=O. The van der Waals surface area contributed by atoms with E-state index in [1.54, 1.807) is 33.1 Å². The van der Waals surface area contributed by atoms with Crippen molar-refractivity contribution in [3.8, 4) is 0 Å². The molecular weight excluding hydrogens is 234 g/mol. The highest BCUT2D eigenvalue weighted by molar-refractivity contribution is 5.36. The summed E-state index contributed by atoms with van der Waals surface area (Å²) in [4.78, 5) is 22.0. The standard InChI is InChI=1S/C8H14.C3H6O2.C2H5NO2/c1-6-2-3-7-5-8(7)4-6;2*1-2-5-3-4/h6-8H,2-5H2,1H3;3H,2H2,1H3;2H2,1H3. The minimum Gasteiger partial charge on any atom is -0.468 e. The van der Waals surface area contributed by atoms with Gasteiger partial charge in [0.15, 0.2) is 5.34 Å². The molecule has 0 radical (unpaired) electrons. The maximum absolute atomic E-state index is 9.18. The van der Waals surface area contributed by atoms with Crippen LogP contribution in [0, 0.1) is 22.7 Å². The third-order valence-corrected chi connectivity index (χ3v) is 3.22. The van der Waals surface area contributed by atoms with Gasteiger partial charge in [-0.3, -0.25) is 4.79 Å². The molecule has 0 heterocycles. The van der Waals surface area contributed by atoms with Crippen molar-refractivity contribution < 1.29 is 14.4 Å².